The van der Waals surface area contributed by atoms with Crippen molar-refractivity contribution in [3.63, 3.8) is 0 Å². The summed E-state index contributed by atoms with van der Waals surface area (Å²) in [6.45, 7) is 0. The highest BCUT2D eigenvalue weighted by Gasteiger charge is 2.17. The number of sulfone groups is 1. The molecule has 3 aromatic rings. The van der Waals surface area contributed by atoms with Gasteiger partial charge >= 0.3 is 0 Å². The Morgan fingerprint density at radius 1 is 1.03 bits per heavy atom. The molecule has 29 heavy (non-hydrogen) atoms. The second-order valence-electron chi connectivity index (χ2n) is 6.28. The first-order valence-corrected chi connectivity index (χ1v) is 11.5. The van der Waals surface area contributed by atoms with Crippen LogP contribution in [0.15, 0.2) is 59.5 Å². The fraction of sp³-hybridized carbons (Fsp3) is 0.250. The summed E-state index contributed by atoms with van der Waals surface area (Å²) in [5.74, 6) is 0.151. The number of nitrogens with one attached hydrogen (secondary N) is 1. The second kappa shape index (κ2) is 9.62. The van der Waals surface area contributed by atoms with E-state index in [0.29, 0.717) is 11.6 Å². The standard InChI is InChI=1S/C20H21N3O4S2/c1-27-16-10-7-15(8-11-16)9-12-19-22-23-20(28-19)21-18(24)13-14-29(25,26)17-5-3-2-4-6-17/h2-8,10-11H,9,12-14H2,1H3,(H,21,23,24). The first-order valence-electron chi connectivity index (χ1n) is 8.99. The molecule has 3 rings (SSSR count). The average molecular weight is 432 g/mol. The summed E-state index contributed by atoms with van der Waals surface area (Å²) in [6.07, 6.45) is 1.35. The van der Waals surface area contributed by atoms with E-state index >= 15 is 0 Å². The van der Waals surface area contributed by atoms with E-state index < -0.39 is 15.7 Å². The molecule has 152 valence electrons. The predicted molar refractivity (Wildman–Crippen MR) is 112 cm³/mol. The van der Waals surface area contributed by atoms with Crippen LogP contribution < -0.4 is 10.1 Å². The molecule has 7 nitrogen and oxygen atoms in total. The van der Waals surface area contributed by atoms with E-state index in [1.807, 2.05) is 24.3 Å². The Balaban J connectivity index is 1.48. The quantitative estimate of drug-likeness (QED) is 0.559. The van der Waals surface area contributed by atoms with Crippen molar-refractivity contribution >= 4 is 32.2 Å². The number of hydrogen-bond donors (Lipinski definition) is 1. The summed E-state index contributed by atoms with van der Waals surface area (Å²) < 4.78 is 29.6. The smallest absolute Gasteiger partial charge is 0.227 e. The molecule has 0 unspecified atom stereocenters. The zero-order valence-electron chi connectivity index (χ0n) is 15.9. The molecule has 0 aliphatic rings. The molecule has 2 aromatic carbocycles. The monoisotopic (exact) mass is 431 g/mol. The van der Waals surface area contributed by atoms with Crippen molar-refractivity contribution in [2.45, 2.75) is 24.2 Å². The van der Waals surface area contributed by atoms with E-state index in [2.05, 4.69) is 15.5 Å². The number of rotatable bonds is 9. The van der Waals surface area contributed by atoms with Gasteiger partial charge in [0.05, 0.1) is 17.8 Å². The molecule has 0 spiro atoms. The Bertz CT molecular complexity index is 1050. The van der Waals surface area contributed by atoms with Gasteiger partial charge in [-0.3, -0.25) is 4.79 Å². The van der Waals surface area contributed by atoms with E-state index in [4.69, 9.17) is 4.74 Å². The maximum atomic E-state index is 12.2. The summed E-state index contributed by atoms with van der Waals surface area (Å²) in [5, 5.41) is 11.8. The van der Waals surface area contributed by atoms with Gasteiger partial charge in [0, 0.05) is 12.8 Å². The van der Waals surface area contributed by atoms with Crippen LogP contribution in [0.3, 0.4) is 0 Å². The van der Waals surface area contributed by atoms with Crippen molar-refractivity contribution < 1.29 is 17.9 Å². The summed E-state index contributed by atoms with van der Waals surface area (Å²) in [4.78, 5) is 12.3. The van der Waals surface area contributed by atoms with Gasteiger partial charge in [0.25, 0.3) is 0 Å². The van der Waals surface area contributed by atoms with Crippen molar-refractivity contribution in [3.05, 3.63) is 65.2 Å². The van der Waals surface area contributed by atoms with Gasteiger partial charge in [-0.25, -0.2) is 8.42 Å². The number of benzene rings is 2. The number of amides is 1. The van der Waals surface area contributed by atoms with Gasteiger partial charge in [-0.15, -0.1) is 10.2 Å². The van der Waals surface area contributed by atoms with Gasteiger partial charge in [-0.05, 0) is 36.2 Å². The molecular formula is C20H21N3O4S2. The third kappa shape index (κ3) is 6.10. The van der Waals surface area contributed by atoms with Crippen molar-refractivity contribution in [2.24, 2.45) is 0 Å². The summed E-state index contributed by atoms with van der Waals surface area (Å²) in [7, 11) is -1.86. The molecule has 0 fully saturated rings. The van der Waals surface area contributed by atoms with Gasteiger partial charge in [-0.1, -0.05) is 41.7 Å². The zero-order valence-corrected chi connectivity index (χ0v) is 17.5. The van der Waals surface area contributed by atoms with E-state index in [9.17, 15) is 13.2 Å². The lowest BCUT2D eigenvalue weighted by Gasteiger charge is -2.04. The minimum absolute atomic E-state index is 0.141. The number of carbonyl (C=O) groups is 1. The SMILES string of the molecule is COc1ccc(CCc2nnc(NC(=O)CCS(=O)(=O)c3ccccc3)s2)cc1. The van der Waals surface area contributed by atoms with Crippen LogP contribution in [-0.4, -0.2) is 37.4 Å². The molecule has 1 amide bonds. The van der Waals surface area contributed by atoms with Gasteiger partial charge in [0.2, 0.25) is 11.0 Å². The topological polar surface area (TPSA) is 98.2 Å². The number of aromatic nitrogens is 2. The van der Waals surface area contributed by atoms with Crippen molar-refractivity contribution in [3.8, 4) is 5.75 Å². The summed E-state index contributed by atoms with van der Waals surface area (Å²) in [5.41, 5.74) is 1.15. The molecule has 0 radical (unpaired) electrons. The zero-order chi connectivity index (χ0) is 20.7. The number of anilines is 1. The van der Waals surface area contributed by atoms with Gasteiger partial charge in [0.1, 0.15) is 10.8 Å². The Labute approximate surface area is 173 Å². The fourth-order valence-corrected chi connectivity index (χ4v) is 4.62. The first-order chi connectivity index (χ1) is 14.0. The fourth-order valence-electron chi connectivity index (χ4n) is 2.60. The molecule has 0 saturated carbocycles. The predicted octanol–water partition coefficient (Wildman–Crippen LogP) is 3.13. The molecule has 1 aromatic heterocycles. The van der Waals surface area contributed by atoms with Gasteiger partial charge < -0.3 is 10.1 Å². The highest BCUT2D eigenvalue weighted by atomic mass is 32.2. The van der Waals surface area contributed by atoms with Crippen LogP contribution in [0.1, 0.15) is 17.0 Å². The Kier molecular flexibility index (Phi) is 6.95. The van der Waals surface area contributed by atoms with Crippen LogP contribution in [0.4, 0.5) is 5.13 Å². The summed E-state index contributed by atoms with van der Waals surface area (Å²) in [6, 6.07) is 15.9. The van der Waals surface area contributed by atoms with Crippen molar-refractivity contribution in [2.75, 3.05) is 18.2 Å². The average Bonchev–Trinajstić information content (AvgIpc) is 3.19. The Morgan fingerprint density at radius 3 is 2.45 bits per heavy atom. The minimum Gasteiger partial charge on any atom is -0.497 e. The number of nitrogens with zero attached hydrogens (tertiary/aromatic N) is 2. The molecule has 9 heteroatoms. The Morgan fingerprint density at radius 2 is 1.76 bits per heavy atom. The number of ether oxygens (including phenoxy) is 1. The minimum atomic E-state index is -3.49. The third-order valence-corrected chi connectivity index (χ3v) is 6.83. The maximum absolute atomic E-state index is 12.2. The molecule has 1 N–H and O–H groups in total. The van der Waals surface area contributed by atoms with Gasteiger partial charge in [0.15, 0.2) is 9.84 Å². The van der Waals surface area contributed by atoms with E-state index in [1.54, 1.807) is 25.3 Å². The normalized spacial score (nSPS) is 11.2. The van der Waals surface area contributed by atoms with Crippen LogP contribution >= 0.6 is 11.3 Å². The molecule has 0 atom stereocenters. The van der Waals surface area contributed by atoms with Crippen molar-refractivity contribution in [1.82, 2.24) is 10.2 Å². The lowest BCUT2D eigenvalue weighted by Crippen LogP contribution is -2.17. The lowest BCUT2D eigenvalue weighted by molar-refractivity contribution is -0.115. The molecule has 0 bridgehead atoms. The molecule has 0 aliphatic carbocycles. The van der Waals surface area contributed by atoms with Crippen LogP contribution in [0.5, 0.6) is 5.75 Å². The number of methoxy groups -OCH3 is 1. The highest BCUT2D eigenvalue weighted by Crippen LogP contribution is 2.19. The Hall–Kier alpha value is -2.78. The van der Waals surface area contributed by atoms with E-state index in [-0.39, 0.29) is 17.1 Å². The van der Waals surface area contributed by atoms with E-state index in [0.717, 1.165) is 22.7 Å². The highest BCUT2D eigenvalue weighted by molar-refractivity contribution is 7.91. The number of hydrogen-bond acceptors (Lipinski definition) is 7. The van der Waals surface area contributed by atoms with Crippen LogP contribution in [0.25, 0.3) is 0 Å². The van der Waals surface area contributed by atoms with Crippen LogP contribution in [-0.2, 0) is 27.5 Å². The molecule has 0 saturated heterocycles. The first kappa shape index (κ1) is 20.9. The molecule has 0 aliphatic heterocycles. The molecule has 1 heterocycles. The largest absolute Gasteiger partial charge is 0.497 e. The van der Waals surface area contributed by atoms with Crippen LogP contribution in [0, 0.1) is 0 Å². The second-order valence-corrected chi connectivity index (χ2v) is 9.45. The maximum Gasteiger partial charge on any atom is 0.227 e. The van der Waals surface area contributed by atoms with Gasteiger partial charge in [-0.2, -0.15) is 0 Å². The van der Waals surface area contributed by atoms with Crippen LogP contribution in [0.2, 0.25) is 0 Å². The third-order valence-electron chi connectivity index (χ3n) is 4.20. The lowest BCUT2D eigenvalue weighted by atomic mass is 10.1. The van der Waals surface area contributed by atoms with Crippen molar-refractivity contribution in [1.29, 1.82) is 0 Å². The number of aryl methyl sites for hydroxylation is 2. The summed E-state index contributed by atoms with van der Waals surface area (Å²) >= 11 is 1.29. The number of carbonyl (C=O) groups excluding carboxylic acids is 1. The molecular weight excluding hydrogens is 410 g/mol. The van der Waals surface area contributed by atoms with E-state index in [1.165, 1.54) is 23.5 Å².